The van der Waals surface area contributed by atoms with Crippen molar-refractivity contribution in [3.05, 3.63) is 49.9 Å². The number of hydrogen-bond donors (Lipinski definition) is 1. The quantitative estimate of drug-likeness (QED) is 0.694. The summed E-state index contributed by atoms with van der Waals surface area (Å²) in [5, 5.41) is 4.08. The molecule has 0 aliphatic carbocycles. The molecule has 1 heterocycles. The van der Waals surface area contributed by atoms with E-state index in [0.717, 1.165) is 50.9 Å². The number of hydrogen-bond acceptors (Lipinski definition) is 3. The van der Waals surface area contributed by atoms with E-state index in [0.29, 0.717) is 6.42 Å². The van der Waals surface area contributed by atoms with Gasteiger partial charge in [-0.3, -0.25) is 0 Å². The van der Waals surface area contributed by atoms with Gasteiger partial charge >= 0.3 is 0 Å². The molecule has 1 aromatic heterocycles. The number of nitrogens with one attached hydrogen (secondary N) is 1. The molecule has 0 saturated heterocycles. The van der Waals surface area contributed by atoms with Crippen molar-refractivity contribution in [2.45, 2.75) is 33.1 Å². The number of nitrogens with zero attached hydrogens (tertiary/aromatic N) is 2. The van der Waals surface area contributed by atoms with Crippen LogP contribution in [0.5, 0.6) is 0 Å². The first-order valence-corrected chi connectivity index (χ1v) is 8.63. The van der Waals surface area contributed by atoms with Gasteiger partial charge in [-0.2, -0.15) is 0 Å². The molecule has 112 valence electrons. The monoisotopic (exact) mass is 415 g/mol. The molecule has 3 nitrogen and oxygen atoms in total. The minimum absolute atomic E-state index is 0.701. The van der Waals surface area contributed by atoms with Crippen LogP contribution in [0.25, 0.3) is 0 Å². The molecule has 5 heteroatoms. The van der Waals surface area contributed by atoms with Crippen molar-refractivity contribution in [2.75, 3.05) is 11.9 Å². The molecule has 0 bridgehead atoms. The average molecular weight is 416 g/mol. The van der Waals surface area contributed by atoms with E-state index in [-0.39, 0.29) is 0 Å². The Morgan fingerprint density at radius 2 is 2.05 bits per heavy atom. The topological polar surface area (TPSA) is 37.8 Å². The van der Waals surface area contributed by atoms with Crippen LogP contribution < -0.4 is 5.32 Å². The van der Waals surface area contributed by atoms with Crippen molar-refractivity contribution < 1.29 is 0 Å². The fourth-order valence-corrected chi connectivity index (χ4v) is 3.05. The van der Waals surface area contributed by atoms with Crippen molar-refractivity contribution in [3.8, 4) is 0 Å². The molecule has 2 rings (SSSR count). The van der Waals surface area contributed by atoms with Crippen molar-refractivity contribution in [2.24, 2.45) is 0 Å². The number of halogens is 2. The predicted octanol–water partition coefficient (Wildman–Crippen LogP) is 4.71. The van der Waals surface area contributed by atoms with E-state index in [1.807, 2.05) is 18.2 Å². The second kappa shape index (κ2) is 7.94. The predicted molar refractivity (Wildman–Crippen MR) is 97.2 cm³/mol. The van der Waals surface area contributed by atoms with Gasteiger partial charge in [0.15, 0.2) is 0 Å². The molecule has 21 heavy (non-hydrogen) atoms. The third kappa shape index (κ3) is 4.54. The lowest BCUT2D eigenvalue weighted by Crippen LogP contribution is -2.10. The van der Waals surface area contributed by atoms with Crippen LogP contribution in [0.2, 0.25) is 5.02 Å². The third-order valence-electron chi connectivity index (χ3n) is 3.05. The Bertz CT molecular complexity index is 589. The van der Waals surface area contributed by atoms with Gasteiger partial charge in [0.05, 0.1) is 9.26 Å². The highest BCUT2D eigenvalue weighted by Crippen LogP contribution is 2.22. The van der Waals surface area contributed by atoms with Gasteiger partial charge in [0.25, 0.3) is 0 Å². The van der Waals surface area contributed by atoms with Crippen molar-refractivity contribution >= 4 is 40.0 Å². The largest absolute Gasteiger partial charge is 0.369 e. The lowest BCUT2D eigenvalue weighted by molar-refractivity contribution is 0.833. The normalized spacial score (nSPS) is 10.7. The molecule has 1 N–H and O–H groups in total. The number of rotatable bonds is 6. The Kier molecular flexibility index (Phi) is 6.23. The Hall–Kier alpha value is -0.880. The van der Waals surface area contributed by atoms with E-state index in [9.17, 15) is 0 Å². The molecule has 1 aromatic carbocycles. The van der Waals surface area contributed by atoms with E-state index in [1.165, 1.54) is 0 Å². The Morgan fingerprint density at radius 3 is 2.71 bits per heavy atom. The molecule has 0 spiro atoms. The second-order valence-corrected chi connectivity index (χ2v) is 6.35. The van der Waals surface area contributed by atoms with Crippen LogP contribution in [-0.2, 0) is 12.8 Å². The fourth-order valence-electron chi connectivity index (χ4n) is 2.14. The summed E-state index contributed by atoms with van der Waals surface area (Å²) in [6.07, 6.45) is 2.75. The minimum Gasteiger partial charge on any atom is -0.369 e. The van der Waals surface area contributed by atoms with E-state index in [4.69, 9.17) is 16.6 Å². The van der Waals surface area contributed by atoms with Gasteiger partial charge in [-0.05, 0) is 53.6 Å². The van der Waals surface area contributed by atoms with E-state index in [1.54, 1.807) is 0 Å². The summed E-state index contributed by atoms with van der Waals surface area (Å²) < 4.78 is 1.13. The molecule has 0 atom stereocenters. The minimum atomic E-state index is 0.701. The lowest BCUT2D eigenvalue weighted by Gasteiger charge is -2.12. The number of aryl methyl sites for hydroxylation is 1. The summed E-state index contributed by atoms with van der Waals surface area (Å²) in [4.78, 5) is 9.39. The van der Waals surface area contributed by atoms with E-state index >= 15 is 0 Å². The molecule has 0 aliphatic heterocycles. The smallest absolute Gasteiger partial charge is 0.143 e. The van der Waals surface area contributed by atoms with Crippen LogP contribution in [0.3, 0.4) is 0 Å². The molecule has 2 aromatic rings. The summed E-state index contributed by atoms with van der Waals surface area (Å²) in [6, 6.07) is 7.86. The Balaban J connectivity index is 2.33. The summed E-state index contributed by atoms with van der Waals surface area (Å²) in [7, 11) is 0. The van der Waals surface area contributed by atoms with E-state index in [2.05, 4.69) is 52.8 Å². The zero-order valence-corrected chi connectivity index (χ0v) is 15.2. The van der Waals surface area contributed by atoms with Crippen LogP contribution in [0.15, 0.2) is 24.3 Å². The van der Waals surface area contributed by atoms with Gasteiger partial charge in [0.2, 0.25) is 0 Å². The number of aromatic nitrogens is 2. The first-order valence-electron chi connectivity index (χ1n) is 7.17. The summed E-state index contributed by atoms with van der Waals surface area (Å²) >= 11 is 8.38. The lowest BCUT2D eigenvalue weighted by atomic mass is 10.1. The Morgan fingerprint density at radius 1 is 1.24 bits per heavy atom. The standard InChI is InChI=1S/C16H19ClIN3/c1-3-6-13-15(18)16(19-4-2)21-14(20-13)10-11-7-5-8-12(17)9-11/h5,7-9H,3-4,6,10H2,1-2H3,(H,19,20,21). The average Bonchev–Trinajstić information content (AvgIpc) is 2.44. The maximum atomic E-state index is 6.04. The molecule has 0 aliphatic rings. The summed E-state index contributed by atoms with van der Waals surface area (Å²) in [5.41, 5.74) is 2.26. The Labute approximate surface area is 144 Å². The molecule has 0 saturated carbocycles. The van der Waals surface area contributed by atoms with Gasteiger partial charge in [0, 0.05) is 18.0 Å². The van der Waals surface area contributed by atoms with Gasteiger partial charge in [-0.25, -0.2) is 9.97 Å². The van der Waals surface area contributed by atoms with Gasteiger partial charge in [-0.1, -0.05) is 37.1 Å². The zero-order valence-electron chi connectivity index (χ0n) is 12.3. The molecule has 0 amide bonds. The highest BCUT2D eigenvalue weighted by molar-refractivity contribution is 14.1. The van der Waals surface area contributed by atoms with Gasteiger partial charge in [-0.15, -0.1) is 0 Å². The molecule has 0 radical (unpaired) electrons. The van der Waals surface area contributed by atoms with Gasteiger partial charge in [0.1, 0.15) is 11.6 Å². The highest BCUT2D eigenvalue weighted by atomic mass is 127. The number of anilines is 1. The summed E-state index contributed by atoms with van der Waals surface area (Å²) in [5.74, 6) is 1.78. The van der Waals surface area contributed by atoms with Crippen molar-refractivity contribution in [3.63, 3.8) is 0 Å². The maximum absolute atomic E-state index is 6.04. The fraction of sp³-hybridized carbons (Fsp3) is 0.375. The third-order valence-corrected chi connectivity index (χ3v) is 4.42. The maximum Gasteiger partial charge on any atom is 0.143 e. The SMILES string of the molecule is CCCc1nc(Cc2cccc(Cl)c2)nc(NCC)c1I. The van der Waals surface area contributed by atoms with Crippen molar-refractivity contribution in [1.29, 1.82) is 0 Å². The zero-order chi connectivity index (χ0) is 15.2. The summed E-state index contributed by atoms with van der Waals surface area (Å²) in [6.45, 7) is 5.10. The van der Waals surface area contributed by atoms with E-state index < -0.39 is 0 Å². The van der Waals surface area contributed by atoms with Crippen LogP contribution in [0.4, 0.5) is 5.82 Å². The molecular weight excluding hydrogens is 397 g/mol. The van der Waals surface area contributed by atoms with Crippen LogP contribution in [0.1, 0.15) is 37.4 Å². The van der Waals surface area contributed by atoms with Crippen molar-refractivity contribution in [1.82, 2.24) is 9.97 Å². The molecule has 0 unspecified atom stereocenters. The molecular formula is C16H19ClIN3. The van der Waals surface area contributed by atoms with Crippen LogP contribution in [-0.4, -0.2) is 16.5 Å². The van der Waals surface area contributed by atoms with Crippen LogP contribution >= 0.6 is 34.2 Å². The number of benzene rings is 1. The first-order chi connectivity index (χ1) is 10.1. The molecule has 0 fully saturated rings. The highest BCUT2D eigenvalue weighted by Gasteiger charge is 2.11. The van der Waals surface area contributed by atoms with Crippen LogP contribution in [0, 0.1) is 3.57 Å². The van der Waals surface area contributed by atoms with Gasteiger partial charge < -0.3 is 5.32 Å². The first kappa shape index (κ1) is 16.5. The second-order valence-electron chi connectivity index (χ2n) is 4.84.